The number of aryl methyl sites for hydroxylation is 1. The molecule has 4 heteroatoms. The lowest BCUT2D eigenvalue weighted by molar-refractivity contribution is 0.385. The van der Waals surface area contributed by atoms with Gasteiger partial charge >= 0.3 is 0 Å². The zero-order valence-electron chi connectivity index (χ0n) is 11.7. The highest BCUT2D eigenvalue weighted by atomic mass is 127. The van der Waals surface area contributed by atoms with Gasteiger partial charge in [0.15, 0.2) is 2.12 Å². The van der Waals surface area contributed by atoms with Crippen molar-refractivity contribution in [3.05, 3.63) is 41.1 Å². The summed E-state index contributed by atoms with van der Waals surface area (Å²) in [6, 6.07) is 9.86. The number of benzene rings is 1. The number of allylic oxidation sites excluding steroid dienone is 1. The second kappa shape index (κ2) is 10.2. The van der Waals surface area contributed by atoms with E-state index in [4.69, 9.17) is 4.74 Å². The first kappa shape index (κ1) is 17.5. The molecular weight excluding hydrogens is 478 g/mol. The van der Waals surface area contributed by atoms with Crippen LogP contribution in [0.2, 0.25) is 6.04 Å². The SMILES string of the molecule is CC(C)=C[SiH2]CCCCc1ccccc1OC(I)I. The molecule has 0 aromatic heterocycles. The van der Waals surface area contributed by atoms with Crippen molar-refractivity contribution in [3.8, 4) is 5.75 Å². The number of halogens is 2. The van der Waals surface area contributed by atoms with Crippen LogP contribution in [0, 0.1) is 0 Å². The Kier molecular flexibility index (Phi) is 9.39. The van der Waals surface area contributed by atoms with Gasteiger partial charge in [0.2, 0.25) is 0 Å². The maximum absolute atomic E-state index is 5.83. The zero-order chi connectivity index (χ0) is 14.1. The van der Waals surface area contributed by atoms with E-state index < -0.39 is 0 Å². The van der Waals surface area contributed by atoms with Gasteiger partial charge in [0.1, 0.15) is 5.75 Å². The molecule has 1 rings (SSSR count). The lowest BCUT2D eigenvalue weighted by atomic mass is 10.1. The van der Waals surface area contributed by atoms with Crippen LogP contribution in [0.15, 0.2) is 35.5 Å². The normalized spacial score (nSPS) is 11.2. The molecule has 0 amide bonds. The molecule has 0 radical (unpaired) electrons. The van der Waals surface area contributed by atoms with Crippen molar-refractivity contribution in [2.45, 2.75) is 41.3 Å². The Morgan fingerprint density at radius 2 is 2.00 bits per heavy atom. The Morgan fingerprint density at radius 1 is 1.26 bits per heavy atom. The molecule has 0 bridgehead atoms. The quantitative estimate of drug-likeness (QED) is 0.210. The topological polar surface area (TPSA) is 9.23 Å². The fourth-order valence-corrected chi connectivity index (χ4v) is 3.92. The van der Waals surface area contributed by atoms with Crippen molar-refractivity contribution in [1.29, 1.82) is 0 Å². The van der Waals surface area contributed by atoms with Crippen LogP contribution in [0.25, 0.3) is 0 Å². The number of unbranched alkanes of at least 4 members (excludes halogenated alkanes) is 1. The Hall–Kier alpha value is 0.437. The van der Waals surface area contributed by atoms with Crippen LogP contribution >= 0.6 is 45.2 Å². The summed E-state index contributed by atoms with van der Waals surface area (Å²) in [5, 5.41) is 0. The fourth-order valence-electron chi connectivity index (χ4n) is 1.95. The Labute approximate surface area is 146 Å². The molecule has 19 heavy (non-hydrogen) atoms. The Morgan fingerprint density at radius 3 is 2.68 bits per heavy atom. The van der Waals surface area contributed by atoms with Crippen molar-refractivity contribution in [3.63, 3.8) is 0 Å². The average Bonchev–Trinajstić information content (AvgIpc) is 2.34. The van der Waals surface area contributed by atoms with E-state index in [0.717, 1.165) is 12.2 Å². The highest BCUT2D eigenvalue weighted by Crippen LogP contribution is 2.25. The monoisotopic (exact) mass is 500 g/mol. The van der Waals surface area contributed by atoms with Crippen LogP contribution in [0.3, 0.4) is 0 Å². The summed E-state index contributed by atoms with van der Waals surface area (Å²) in [4.78, 5) is 0. The lowest BCUT2D eigenvalue weighted by Crippen LogP contribution is -2.01. The number of rotatable bonds is 8. The molecule has 0 aliphatic heterocycles. The van der Waals surface area contributed by atoms with E-state index >= 15 is 0 Å². The molecule has 1 aromatic carbocycles. The summed E-state index contributed by atoms with van der Waals surface area (Å²) in [5.74, 6) is 1.05. The van der Waals surface area contributed by atoms with Crippen LogP contribution in [-0.2, 0) is 6.42 Å². The van der Waals surface area contributed by atoms with E-state index in [0.29, 0.717) is 0 Å². The van der Waals surface area contributed by atoms with Gasteiger partial charge in [-0.2, -0.15) is 0 Å². The Bertz CT molecular complexity index is 401. The molecule has 0 N–H and O–H groups in total. The summed E-state index contributed by atoms with van der Waals surface area (Å²) in [6.45, 7) is 4.40. The zero-order valence-corrected chi connectivity index (χ0v) is 17.4. The summed E-state index contributed by atoms with van der Waals surface area (Å²) in [6.07, 6.45) is 3.76. The van der Waals surface area contributed by atoms with Gasteiger partial charge in [0, 0.05) is 9.52 Å². The van der Waals surface area contributed by atoms with Crippen LogP contribution in [0.4, 0.5) is 0 Å². The molecular formula is C15H22I2OSi. The summed E-state index contributed by atoms with van der Waals surface area (Å²) in [7, 11) is 0.0402. The summed E-state index contributed by atoms with van der Waals surface area (Å²) in [5.41, 5.74) is 5.30. The number of hydrogen-bond donors (Lipinski definition) is 0. The fraction of sp³-hybridized carbons (Fsp3) is 0.467. The van der Waals surface area contributed by atoms with E-state index in [2.05, 4.69) is 89.0 Å². The average molecular weight is 500 g/mol. The predicted molar refractivity (Wildman–Crippen MR) is 105 cm³/mol. The van der Waals surface area contributed by atoms with Crippen LogP contribution < -0.4 is 4.74 Å². The standard InChI is InChI=1S/C15H22I2OSi/c1-12(2)11-19-10-6-5-8-13-7-3-4-9-14(13)18-15(16)17/h3-4,7,9,11,15H,5-6,8,10,19H2,1-2H3. The van der Waals surface area contributed by atoms with Crippen molar-refractivity contribution in [2.24, 2.45) is 0 Å². The minimum absolute atomic E-state index is 0.0402. The largest absolute Gasteiger partial charge is 0.470 e. The van der Waals surface area contributed by atoms with E-state index in [9.17, 15) is 0 Å². The smallest absolute Gasteiger partial charge is 0.199 e. The highest BCUT2D eigenvalue weighted by molar-refractivity contribution is 14.2. The van der Waals surface area contributed by atoms with Gasteiger partial charge in [-0.1, -0.05) is 36.2 Å². The number of hydrogen-bond acceptors (Lipinski definition) is 1. The van der Waals surface area contributed by atoms with Crippen molar-refractivity contribution >= 4 is 54.7 Å². The maximum Gasteiger partial charge on any atom is 0.199 e. The molecule has 0 saturated heterocycles. The third-order valence-corrected chi connectivity index (χ3v) is 5.41. The first-order valence-corrected chi connectivity index (χ1v) is 11.1. The van der Waals surface area contributed by atoms with Crippen LogP contribution in [-0.4, -0.2) is 11.6 Å². The third-order valence-electron chi connectivity index (χ3n) is 2.89. The number of ether oxygens (including phenoxy) is 1. The van der Waals surface area contributed by atoms with Gasteiger partial charge in [0.05, 0.1) is 0 Å². The third kappa shape index (κ3) is 8.34. The molecule has 0 saturated carbocycles. The minimum atomic E-state index is 0.0402. The molecule has 0 heterocycles. The van der Waals surface area contributed by atoms with Crippen LogP contribution in [0.1, 0.15) is 32.3 Å². The highest BCUT2D eigenvalue weighted by Gasteiger charge is 2.05. The van der Waals surface area contributed by atoms with E-state index in [-0.39, 0.29) is 11.6 Å². The van der Waals surface area contributed by atoms with Gasteiger partial charge in [-0.3, -0.25) is 0 Å². The molecule has 0 aliphatic carbocycles. The van der Waals surface area contributed by atoms with Crippen molar-refractivity contribution in [1.82, 2.24) is 0 Å². The second-order valence-electron chi connectivity index (χ2n) is 4.87. The number of para-hydroxylation sites is 1. The predicted octanol–water partition coefficient (Wildman–Crippen LogP) is 5.05. The molecule has 0 fully saturated rings. The van der Waals surface area contributed by atoms with Gasteiger partial charge in [-0.15, -0.1) is 5.70 Å². The van der Waals surface area contributed by atoms with Crippen LogP contribution in [0.5, 0.6) is 5.75 Å². The van der Waals surface area contributed by atoms with Crippen molar-refractivity contribution in [2.75, 3.05) is 0 Å². The molecule has 1 aromatic rings. The lowest BCUT2D eigenvalue weighted by Gasteiger charge is -2.12. The summed E-state index contributed by atoms with van der Waals surface area (Å²) < 4.78 is 6.02. The number of alkyl halides is 2. The van der Waals surface area contributed by atoms with E-state index in [1.807, 2.05) is 0 Å². The molecule has 0 unspecified atom stereocenters. The van der Waals surface area contributed by atoms with E-state index in [1.165, 1.54) is 30.0 Å². The van der Waals surface area contributed by atoms with Gasteiger partial charge < -0.3 is 4.74 Å². The molecule has 0 spiro atoms. The van der Waals surface area contributed by atoms with Gasteiger partial charge in [-0.25, -0.2) is 0 Å². The minimum Gasteiger partial charge on any atom is -0.470 e. The van der Waals surface area contributed by atoms with Gasteiger partial charge in [0.25, 0.3) is 0 Å². The Balaban J connectivity index is 2.34. The molecule has 1 nitrogen and oxygen atoms in total. The van der Waals surface area contributed by atoms with E-state index in [1.54, 1.807) is 0 Å². The van der Waals surface area contributed by atoms with Gasteiger partial charge in [-0.05, 0) is 83.5 Å². The second-order valence-corrected chi connectivity index (χ2v) is 11.2. The molecule has 0 aliphatic rings. The maximum atomic E-state index is 5.83. The summed E-state index contributed by atoms with van der Waals surface area (Å²) >= 11 is 4.58. The molecule has 106 valence electrons. The molecule has 0 atom stereocenters. The van der Waals surface area contributed by atoms with Crippen molar-refractivity contribution < 1.29 is 4.74 Å². The first-order valence-electron chi connectivity index (χ1n) is 6.75. The first-order chi connectivity index (χ1) is 9.09.